The topological polar surface area (TPSA) is 20.2 Å². The molecule has 0 aromatic rings. The molecule has 0 saturated heterocycles. The number of hydrogen-bond acceptors (Lipinski definition) is 1. The Labute approximate surface area is 150 Å². The van der Waals surface area contributed by atoms with E-state index in [9.17, 15) is 5.11 Å². The van der Waals surface area contributed by atoms with Crippen LogP contribution in [0.5, 0.6) is 0 Å². The zero-order valence-corrected chi connectivity index (χ0v) is 15.9. The maximum atomic E-state index is 9.22. The van der Waals surface area contributed by atoms with Crippen LogP contribution in [0.2, 0.25) is 0 Å². The van der Waals surface area contributed by atoms with Gasteiger partial charge in [-0.05, 0) is 57.3 Å². The fraction of sp³-hybridized carbons (Fsp3) is 0.565. The molecular weight excluding hydrogens is 292 g/mol. The Morgan fingerprint density at radius 1 is 0.667 bits per heavy atom. The summed E-state index contributed by atoms with van der Waals surface area (Å²) in [5.74, 6) is 0.448. The van der Waals surface area contributed by atoms with Crippen LogP contribution in [0.15, 0.2) is 60.8 Å². The molecule has 0 aromatic carbocycles. The lowest BCUT2D eigenvalue weighted by Crippen LogP contribution is -2.03. The maximum Gasteiger partial charge on any atom is 0.0462 e. The lowest BCUT2D eigenvalue weighted by molar-refractivity contribution is 0.219. The minimum Gasteiger partial charge on any atom is -0.396 e. The van der Waals surface area contributed by atoms with E-state index in [2.05, 4.69) is 74.6 Å². The van der Waals surface area contributed by atoms with E-state index in [1.165, 1.54) is 0 Å². The van der Waals surface area contributed by atoms with E-state index < -0.39 is 0 Å². The van der Waals surface area contributed by atoms with Crippen molar-refractivity contribution in [3.8, 4) is 0 Å². The van der Waals surface area contributed by atoms with Crippen LogP contribution in [-0.4, -0.2) is 11.7 Å². The molecule has 1 unspecified atom stereocenters. The summed E-state index contributed by atoms with van der Waals surface area (Å²) in [5.41, 5.74) is 0. The van der Waals surface area contributed by atoms with Gasteiger partial charge in [-0.25, -0.2) is 0 Å². The molecule has 0 aliphatic heterocycles. The molecule has 0 amide bonds. The molecule has 24 heavy (non-hydrogen) atoms. The fourth-order valence-corrected chi connectivity index (χ4v) is 2.39. The van der Waals surface area contributed by atoms with Gasteiger partial charge in [0.25, 0.3) is 0 Å². The molecule has 1 nitrogen and oxygen atoms in total. The Bertz CT molecular complexity index is 385. The van der Waals surface area contributed by atoms with Gasteiger partial charge in [-0.3, -0.25) is 0 Å². The quantitative estimate of drug-likeness (QED) is 0.255. The van der Waals surface area contributed by atoms with Gasteiger partial charge in [0.1, 0.15) is 0 Å². The van der Waals surface area contributed by atoms with Gasteiger partial charge < -0.3 is 5.11 Å². The van der Waals surface area contributed by atoms with Crippen molar-refractivity contribution in [2.45, 2.75) is 71.6 Å². The predicted octanol–water partition coefficient (Wildman–Crippen LogP) is 6.93. The summed E-state index contributed by atoms with van der Waals surface area (Å²) >= 11 is 0. The first-order valence-corrected chi connectivity index (χ1v) is 9.70. The second kappa shape index (κ2) is 19.7. The third-order valence-corrected chi connectivity index (χ3v) is 3.81. The Hall–Kier alpha value is -1.34. The first-order valence-electron chi connectivity index (χ1n) is 9.70. The minimum atomic E-state index is 0.315. The normalized spacial score (nSPS) is 14.3. The highest BCUT2D eigenvalue weighted by Gasteiger charge is 2.02. The number of allylic oxidation sites excluding steroid dienone is 10. The van der Waals surface area contributed by atoms with Crippen molar-refractivity contribution in [2.75, 3.05) is 6.61 Å². The molecule has 1 N–H and O–H groups in total. The highest BCUT2D eigenvalue weighted by atomic mass is 16.3. The van der Waals surface area contributed by atoms with Crippen molar-refractivity contribution in [3.63, 3.8) is 0 Å². The summed E-state index contributed by atoms with van der Waals surface area (Å²) in [6, 6.07) is 0. The molecule has 0 fully saturated rings. The van der Waals surface area contributed by atoms with E-state index in [-0.39, 0.29) is 0 Å². The third-order valence-electron chi connectivity index (χ3n) is 3.81. The molecule has 0 rings (SSSR count). The molecule has 1 atom stereocenters. The van der Waals surface area contributed by atoms with Crippen molar-refractivity contribution in [1.82, 2.24) is 0 Å². The van der Waals surface area contributed by atoms with Crippen LogP contribution in [0.4, 0.5) is 0 Å². The molecule has 0 bridgehead atoms. The fourth-order valence-electron chi connectivity index (χ4n) is 2.39. The molecule has 0 aromatic heterocycles. The van der Waals surface area contributed by atoms with Crippen LogP contribution in [0.25, 0.3) is 0 Å². The van der Waals surface area contributed by atoms with Gasteiger partial charge >= 0.3 is 0 Å². The standard InChI is InChI=1S/C23H38O/c1-3-5-6-7-8-9-10-11-12-13-14-15-16-17-18-19-21-23(22-24)20-4-2/h5-6,8-9,11-12,14-15,18-19,23-24H,3-4,7,10,13,16-17,20-22H2,1-2H3. The van der Waals surface area contributed by atoms with Crippen LogP contribution in [0, 0.1) is 5.92 Å². The molecule has 0 spiro atoms. The molecule has 0 aliphatic carbocycles. The van der Waals surface area contributed by atoms with E-state index in [1.54, 1.807) is 0 Å². The monoisotopic (exact) mass is 330 g/mol. The van der Waals surface area contributed by atoms with Crippen molar-refractivity contribution < 1.29 is 5.11 Å². The largest absolute Gasteiger partial charge is 0.396 e. The van der Waals surface area contributed by atoms with Crippen molar-refractivity contribution in [3.05, 3.63) is 60.8 Å². The van der Waals surface area contributed by atoms with E-state index in [0.717, 1.165) is 57.8 Å². The number of rotatable bonds is 15. The Kier molecular flexibility index (Phi) is 18.6. The van der Waals surface area contributed by atoms with Gasteiger partial charge in [0.15, 0.2) is 0 Å². The van der Waals surface area contributed by atoms with Crippen LogP contribution in [0.1, 0.15) is 71.6 Å². The lowest BCUT2D eigenvalue weighted by atomic mass is 10.0. The number of aliphatic hydroxyl groups excluding tert-OH is 1. The number of unbranched alkanes of at least 4 members (excludes halogenated alkanes) is 1. The van der Waals surface area contributed by atoms with Gasteiger partial charge in [-0.2, -0.15) is 0 Å². The maximum absolute atomic E-state index is 9.22. The van der Waals surface area contributed by atoms with Crippen LogP contribution in [0.3, 0.4) is 0 Å². The third kappa shape index (κ3) is 17.0. The lowest BCUT2D eigenvalue weighted by Gasteiger charge is -2.08. The van der Waals surface area contributed by atoms with Crippen molar-refractivity contribution in [2.24, 2.45) is 5.92 Å². The Morgan fingerprint density at radius 2 is 1.17 bits per heavy atom. The Balaban J connectivity index is 3.55. The van der Waals surface area contributed by atoms with E-state index in [0.29, 0.717) is 12.5 Å². The van der Waals surface area contributed by atoms with Gasteiger partial charge in [0, 0.05) is 6.61 Å². The van der Waals surface area contributed by atoms with Crippen molar-refractivity contribution >= 4 is 0 Å². The van der Waals surface area contributed by atoms with Crippen LogP contribution < -0.4 is 0 Å². The molecule has 0 aliphatic rings. The molecule has 136 valence electrons. The van der Waals surface area contributed by atoms with Gasteiger partial charge in [0.2, 0.25) is 0 Å². The zero-order chi connectivity index (χ0) is 17.7. The smallest absolute Gasteiger partial charge is 0.0462 e. The van der Waals surface area contributed by atoms with E-state index >= 15 is 0 Å². The van der Waals surface area contributed by atoms with Gasteiger partial charge in [-0.1, -0.05) is 81.0 Å². The van der Waals surface area contributed by atoms with Crippen LogP contribution >= 0.6 is 0 Å². The summed E-state index contributed by atoms with van der Waals surface area (Å²) in [7, 11) is 0. The molecule has 0 saturated carbocycles. The minimum absolute atomic E-state index is 0.315. The summed E-state index contributed by atoms with van der Waals surface area (Å²) in [6.45, 7) is 4.65. The van der Waals surface area contributed by atoms with E-state index in [1.807, 2.05) is 0 Å². The van der Waals surface area contributed by atoms with Gasteiger partial charge in [-0.15, -0.1) is 0 Å². The zero-order valence-electron chi connectivity index (χ0n) is 15.9. The molecule has 1 heteroatoms. The summed E-state index contributed by atoms with van der Waals surface area (Å²) in [6.07, 6.45) is 32.0. The second-order valence-corrected chi connectivity index (χ2v) is 6.12. The van der Waals surface area contributed by atoms with Gasteiger partial charge in [0.05, 0.1) is 0 Å². The first kappa shape index (κ1) is 22.7. The highest BCUT2D eigenvalue weighted by molar-refractivity contribution is 4.99. The number of hydrogen-bond donors (Lipinski definition) is 1. The van der Waals surface area contributed by atoms with E-state index in [4.69, 9.17) is 0 Å². The molecule has 0 heterocycles. The van der Waals surface area contributed by atoms with Crippen molar-refractivity contribution in [1.29, 1.82) is 0 Å². The summed E-state index contributed by atoms with van der Waals surface area (Å²) in [4.78, 5) is 0. The van der Waals surface area contributed by atoms with Crippen LogP contribution in [-0.2, 0) is 0 Å². The average Bonchev–Trinajstić information content (AvgIpc) is 2.60. The number of aliphatic hydroxyl groups is 1. The SMILES string of the molecule is CCC=CCC=CCC=CCC=CCCC=CCC(CO)CCC. The average molecular weight is 331 g/mol. The summed E-state index contributed by atoms with van der Waals surface area (Å²) in [5, 5.41) is 9.22. The molecular formula is C23H38O. The summed E-state index contributed by atoms with van der Waals surface area (Å²) < 4.78 is 0. The molecule has 0 radical (unpaired) electrons. The predicted molar refractivity (Wildman–Crippen MR) is 109 cm³/mol. The highest BCUT2D eigenvalue weighted by Crippen LogP contribution is 2.11. The Morgan fingerprint density at radius 3 is 1.67 bits per heavy atom. The first-order chi connectivity index (χ1) is 11.8. The second-order valence-electron chi connectivity index (χ2n) is 6.12.